The fraction of sp³-hybridized carbons (Fsp3) is 0.154. The molecule has 21 heavy (non-hydrogen) atoms. The van der Waals surface area contributed by atoms with Crippen molar-refractivity contribution < 1.29 is 17.2 Å². The van der Waals surface area contributed by atoms with Crippen molar-refractivity contribution in [2.24, 2.45) is 0 Å². The maximum Gasteiger partial charge on any atom is 0.262 e. The van der Waals surface area contributed by atoms with E-state index in [9.17, 15) is 17.2 Å². The minimum Gasteiger partial charge on any atom is -0.370 e. The van der Waals surface area contributed by atoms with Crippen LogP contribution < -0.4 is 10.0 Å². The van der Waals surface area contributed by atoms with Gasteiger partial charge in [-0.2, -0.15) is 0 Å². The summed E-state index contributed by atoms with van der Waals surface area (Å²) in [6.45, 7) is 2.41. The molecule has 112 valence electrons. The highest BCUT2D eigenvalue weighted by atomic mass is 32.2. The molecule has 0 spiro atoms. The molecule has 0 bridgehead atoms. The minimum absolute atomic E-state index is 0.0999. The number of anilines is 2. The molecule has 0 aliphatic rings. The van der Waals surface area contributed by atoms with Gasteiger partial charge >= 0.3 is 0 Å². The number of sulfonamides is 1. The molecule has 0 saturated carbocycles. The van der Waals surface area contributed by atoms with Crippen molar-refractivity contribution in [3.8, 4) is 0 Å². The lowest BCUT2D eigenvalue weighted by molar-refractivity contribution is 0.511. The second kappa shape index (κ2) is 6.04. The van der Waals surface area contributed by atoms with Gasteiger partial charge in [-0.15, -0.1) is 0 Å². The summed E-state index contributed by atoms with van der Waals surface area (Å²) in [5.74, 6) is -2.00. The van der Waals surface area contributed by atoms with Crippen molar-refractivity contribution in [3.05, 3.63) is 48.2 Å². The predicted molar refractivity (Wildman–Crippen MR) is 75.6 cm³/mol. The zero-order valence-electron chi connectivity index (χ0n) is 11.1. The van der Waals surface area contributed by atoms with Crippen LogP contribution in [-0.4, -0.2) is 19.9 Å². The summed E-state index contributed by atoms with van der Waals surface area (Å²) in [5.41, 5.74) is -0.447. The molecular formula is C13H13F2N3O2S. The van der Waals surface area contributed by atoms with Crippen LogP contribution in [0.1, 0.15) is 6.92 Å². The zero-order chi connectivity index (χ0) is 15.5. The third-order valence-electron chi connectivity index (χ3n) is 2.60. The number of rotatable bonds is 5. The average molecular weight is 313 g/mol. The van der Waals surface area contributed by atoms with E-state index in [2.05, 4.69) is 10.3 Å². The highest BCUT2D eigenvalue weighted by Crippen LogP contribution is 2.21. The molecule has 2 aromatic rings. The summed E-state index contributed by atoms with van der Waals surface area (Å²) >= 11 is 0. The lowest BCUT2D eigenvalue weighted by Gasteiger charge is -2.10. The van der Waals surface area contributed by atoms with Gasteiger partial charge in [-0.1, -0.05) is 6.07 Å². The monoisotopic (exact) mass is 313 g/mol. The van der Waals surface area contributed by atoms with Crippen LogP contribution in [-0.2, 0) is 10.0 Å². The lowest BCUT2D eigenvalue weighted by Crippen LogP contribution is -2.15. The molecule has 0 aliphatic heterocycles. The van der Waals surface area contributed by atoms with Gasteiger partial charge < -0.3 is 5.32 Å². The highest BCUT2D eigenvalue weighted by Gasteiger charge is 2.18. The van der Waals surface area contributed by atoms with Gasteiger partial charge in [0.05, 0.1) is 10.6 Å². The fourth-order valence-corrected chi connectivity index (χ4v) is 2.71. The first kappa shape index (κ1) is 15.2. The molecule has 0 fully saturated rings. The van der Waals surface area contributed by atoms with Crippen molar-refractivity contribution in [1.29, 1.82) is 0 Å². The van der Waals surface area contributed by atoms with Crippen LogP contribution in [0.2, 0.25) is 0 Å². The molecule has 2 N–H and O–H groups in total. The van der Waals surface area contributed by atoms with Gasteiger partial charge in [-0.05, 0) is 25.1 Å². The van der Waals surface area contributed by atoms with E-state index in [0.717, 1.165) is 12.1 Å². The fourth-order valence-electron chi connectivity index (χ4n) is 1.64. The molecule has 8 heteroatoms. The molecule has 1 aromatic carbocycles. The van der Waals surface area contributed by atoms with Crippen LogP contribution in [0.5, 0.6) is 0 Å². The van der Waals surface area contributed by atoms with Crippen molar-refractivity contribution in [2.45, 2.75) is 11.8 Å². The predicted octanol–water partition coefficient (Wildman–Crippen LogP) is 2.59. The Kier molecular flexibility index (Phi) is 4.37. The van der Waals surface area contributed by atoms with Crippen molar-refractivity contribution in [2.75, 3.05) is 16.6 Å². The van der Waals surface area contributed by atoms with Gasteiger partial charge in [0.15, 0.2) is 11.6 Å². The van der Waals surface area contributed by atoms with E-state index in [-0.39, 0.29) is 4.90 Å². The Bertz CT molecular complexity index is 751. The van der Waals surface area contributed by atoms with E-state index >= 15 is 0 Å². The Morgan fingerprint density at radius 1 is 1.24 bits per heavy atom. The molecule has 0 aliphatic carbocycles. The first-order valence-corrected chi connectivity index (χ1v) is 7.59. The van der Waals surface area contributed by atoms with Crippen molar-refractivity contribution >= 4 is 21.5 Å². The van der Waals surface area contributed by atoms with Gasteiger partial charge in [0.2, 0.25) is 0 Å². The minimum atomic E-state index is -4.03. The lowest BCUT2D eigenvalue weighted by atomic mass is 10.3. The van der Waals surface area contributed by atoms with Crippen molar-refractivity contribution in [1.82, 2.24) is 4.98 Å². The van der Waals surface area contributed by atoms with Crippen molar-refractivity contribution in [3.63, 3.8) is 0 Å². The van der Waals surface area contributed by atoms with Gasteiger partial charge in [0.25, 0.3) is 10.0 Å². The first-order valence-electron chi connectivity index (χ1n) is 6.11. The highest BCUT2D eigenvalue weighted by molar-refractivity contribution is 7.92. The average Bonchev–Trinajstić information content (AvgIpc) is 2.44. The van der Waals surface area contributed by atoms with Crippen LogP contribution in [0.3, 0.4) is 0 Å². The molecule has 0 radical (unpaired) electrons. The Hall–Kier alpha value is -2.22. The number of halogens is 2. The maximum atomic E-state index is 13.5. The molecule has 0 unspecified atom stereocenters. The van der Waals surface area contributed by atoms with Gasteiger partial charge in [-0.3, -0.25) is 4.72 Å². The van der Waals surface area contributed by atoms with E-state index in [1.165, 1.54) is 24.4 Å². The number of hydrogen-bond donors (Lipinski definition) is 2. The van der Waals surface area contributed by atoms with Gasteiger partial charge in [-0.25, -0.2) is 22.2 Å². The van der Waals surface area contributed by atoms with Crippen LogP contribution in [0.15, 0.2) is 41.4 Å². The summed E-state index contributed by atoms with van der Waals surface area (Å²) in [4.78, 5) is 3.84. The van der Waals surface area contributed by atoms with E-state index in [1.807, 2.05) is 11.6 Å². The third kappa shape index (κ3) is 3.46. The number of pyridine rings is 1. The summed E-state index contributed by atoms with van der Waals surface area (Å²) in [6, 6.07) is 5.83. The van der Waals surface area contributed by atoms with E-state index in [4.69, 9.17) is 0 Å². The smallest absolute Gasteiger partial charge is 0.262 e. The Morgan fingerprint density at radius 2 is 2.00 bits per heavy atom. The van der Waals surface area contributed by atoms with E-state index < -0.39 is 27.3 Å². The number of aromatic nitrogens is 1. The molecule has 5 nitrogen and oxygen atoms in total. The van der Waals surface area contributed by atoms with E-state index in [0.29, 0.717) is 12.4 Å². The number of nitrogens with one attached hydrogen (secondary N) is 2. The number of hydrogen-bond acceptors (Lipinski definition) is 4. The Morgan fingerprint density at radius 3 is 2.71 bits per heavy atom. The molecular weight excluding hydrogens is 300 g/mol. The molecule has 0 saturated heterocycles. The van der Waals surface area contributed by atoms with Gasteiger partial charge in [0, 0.05) is 18.8 Å². The van der Waals surface area contributed by atoms with Crippen LogP contribution in [0.25, 0.3) is 0 Å². The van der Waals surface area contributed by atoms with Crippen LogP contribution >= 0.6 is 0 Å². The topological polar surface area (TPSA) is 71.1 Å². The first-order chi connectivity index (χ1) is 9.94. The largest absolute Gasteiger partial charge is 0.370 e. The molecule has 1 aromatic heterocycles. The summed E-state index contributed by atoms with van der Waals surface area (Å²) in [6.07, 6.45) is 1.31. The summed E-state index contributed by atoms with van der Waals surface area (Å²) < 4.78 is 53.0. The SMILES string of the molecule is CCNc1cc(S(=O)(=O)Nc2cccc(F)c2F)ccn1. The molecule has 0 atom stereocenters. The quantitative estimate of drug-likeness (QED) is 0.890. The molecule has 1 heterocycles. The Balaban J connectivity index is 2.34. The van der Waals surface area contributed by atoms with Crippen LogP contribution in [0, 0.1) is 11.6 Å². The molecule has 0 amide bonds. The number of nitrogens with zero attached hydrogens (tertiary/aromatic N) is 1. The second-order valence-electron chi connectivity index (χ2n) is 4.11. The third-order valence-corrected chi connectivity index (χ3v) is 3.96. The van der Waals surface area contributed by atoms with E-state index in [1.54, 1.807) is 0 Å². The number of benzene rings is 1. The zero-order valence-corrected chi connectivity index (χ0v) is 11.9. The maximum absolute atomic E-state index is 13.5. The summed E-state index contributed by atoms with van der Waals surface area (Å²) in [5, 5.41) is 2.87. The van der Waals surface area contributed by atoms with Crippen LogP contribution in [0.4, 0.5) is 20.3 Å². The summed E-state index contributed by atoms with van der Waals surface area (Å²) in [7, 11) is -4.03. The second-order valence-corrected chi connectivity index (χ2v) is 5.80. The standard InChI is InChI=1S/C13H13F2N3O2S/c1-2-16-12-8-9(6-7-17-12)21(19,20)18-11-5-3-4-10(14)13(11)15/h3-8,18H,2H2,1H3,(H,16,17). The van der Waals surface area contributed by atoms with Gasteiger partial charge in [0.1, 0.15) is 5.82 Å². The molecule has 2 rings (SSSR count). The Labute approximate surface area is 121 Å². The normalized spacial score (nSPS) is 11.2.